The van der Waals surface area contributed by atoms with Crippen LogP contribution in [-0.4, -0.2) is 32.7 Å². The zero-order valence-electron chi connectivity index (χ0n) is 16.2. The Morgan fingerprint density at radius 1 is 1.10 bits per heavy atom. The first-order valence-electron chi connectivity index (χ1n) is 9.38. The van der Waals surface area contributed by atoms with Crippen molar-refractivity contribution < 1.29 is 13.9 Å². The van der Waals surface area contributed by atoms with Gasteiger partial charge in [-0.3, -0.25) is 4.79 Å². The van der Waals surface area contributed by atoms with E-state index in [9.17, 15) is 4.79 Å². The molecule has 0 fully saturated rings. The van der Waals surface area contributed by atoms with Gasteiger partial charge in [-0.2, -0.15) is 4.68 Å². The van der Waals surface area contributed by atoms with Gasteiger partial charge in [0.2, 0.25) is 0 Å². The average Bonchev–Trinajstić information content (AvgIpc) is 3.46. The van der Waals surface area contributed by atoms with Gasteiger partial charge in [0.05, 0.1) is 12.9 Å². The van der Waals surface area contributed by atoms with Crippen LogP contribution < -0.4 is 10.1 Å². The minimum absolute atomic E-state index is 0.211. The maximum atomic E-state index is 13.2. The van der Waals surface area contributed by atoms with Crippen LogP contribution >= 0.6 is 0 Å². The largest absolute Gasteiger partial charge is 0.494 e. The summed E-state index contributed by atoms with van der Waals surface area (Å²) in [4.78, 5) is 13.2. The Morgan fingerprint density at radius 3 is 2.60 bits per heavy atom. The first kappa shape index (κ1) is 19.1. The quantitative estimate of drug-likeness (QED) is 0.471. The van der Waals surface area contributed by atoms with Crippen molar-refractivity contribution in [3.05, 3.63) is 78.8 Å². The Bertz CT molecular complexity index is 1130. The molecular formula is C22H19N5O3. The fraction of sp³-hybridized carbons (Fsp3) is 0.0909. The van der Waals surface area contributed by atoms with Gasteiger partial charge in [0, 0.05) is 17.3 Å². The second-order valence-corrected chi connectivity index (χ2v) is 6.24. The van der Waals surface area contributed by atoms with Crippen LogP contribution in [0, 0.1) is 0 Å². The van der Waals surface area contributed by atoms with Gasteiger partial charge in [0.15, 0.2) is 5.82 Å². The second kappa shape index (κ2) is 8.87. The lowest BCUT2D eigenvalue weighted by Crippen LogP contribution is -2.19. The van der Waals surface area contributed by atoms with Crippen molar-refractivity contribution in [1.29, 1.82) is 0 Å². The van der Waals surface area contributed by atoms with E-state index >= 15 is 0 Å². The van der Waals surface area contributed by atoms with E-state index in [0.717, 1.165) is 11.3 Å². The molecule has 0 saturated carbocycles. The minimum Gasteiger partial charge on any atom is -0.494 e. The van der Waals surface area contributed by atoms with Crippen LogP contribution in [0.5, 0.6) is 5.75 Å². The summed E-state index contributed by atoms with van der Waals surface area (Å²) >= 11 is 0. The van der Waals surface area contributed by atoms with Crippen LogP contribution in [0.3, 0.4) is 0 Å². The van der Waals surface area contributed by atoms with E-state index in [0.29, 0.717) is 23.9 Å². The number of ether oxygens (including phenoxy) is 1. The van der Waals surface area contributed by atoms with E-state index in [-0.39, 0.29) is 11.6 Å². The number of tetrazole rings is 1. The fourth-order valence-corrected chi connectivity index (χ4v) is 2.84. The molecular weight excluding hydrogens is 382 g/mol. The second-order valence-electron chi connectivity index (χ2n) is 6.24. The van der Waals surface area contributed by atoms with E-state index in [1.54, 1.807) is 42.5 Å². The molecule has 0 aliphatic heterocycles. The maximum Gasteiger partial charge on any atom is 0.274 e. The number of nitrogens with zero attached hydrogens (tertiary/aromatic N) is 4. The van der Waals surface area contributed by atoms with Crippen molar-refractivity contribution in [2.24, 2.45) is 0 Å². The summed E-state index contributed by atoms with van der Waals surface area (Å²) in [6.07, 6.45) is 3.12. The van der Waals surface area contributed by atoms with Gasteiger partial charge >= 0.3 is 0 Å². The summed E-state index contributed by atoms with van der Waals surface area (Å²) in [6.45, 7) is 2.49. The van der Waals surface area contributed by atoms with Crippen molar-refractivity contribution in [1.82, 2.24) is 20.2 Å². The normalized spacial score (nSPS) is 11.3. The van der Waals surface area contributed by atoms with Crippen molar-refractivity contribution in [3.8, 4) is 17.1 Å². The number of aromatic nitrogens is 4. The molecule has 0 aliphatic rings. The molecule has 4 rings (SSSR count). The lowest BCUT2D eigenvalue weighted by atomic mass is 10.2. The predicted molar refractivity (Wildman–Crippen MR) is 112 cm³/mol. The highest BCUT2D eigenvalue weighted by atomic mass is 16.5. The molecule has 1 N–H and O–H groups in total. The third kappa shape index (κ3) is 4.27. The molecule has 0 spiro atoms. The molecule has 0 saturated heterocycles. The molecule has 30 heavy (non-hydrogen) atoms. The van der Waals surface area contributed by atoms with Crippen molar-refractivity contribution in [2.75, 3.05) is 11.9 Å². The molecule has 0 unspecified atom stereocenters. The zero-order chi connectivity index (χ0) is 20.8. The predicted octanol–water partition coefficient (Wildman–Crippen LogP) is 3.97. The molecule has 150 valence electrons. The van der Waals surface area contributed by atoms with Gasteiger partial charge in [0.1, 0.15) is 17.2 Å². The highest BCUT2D eigenvalue weighted by Gasteiger charge is 2.20. The number of rotatable bonds is 7. The molecule has 2 aromatic carbocycles. The molecule has 4 aromatic rings. The fourth-order valence-electron chi connectivity index (χ4n) is 2.84. The Balaban J connectivity index is 1.68. The summed E-state index contributed by atoms with van der Waals surface area (Å²) in [5.41, 5.74) is 1.60. The van der Waals surface area contributed by atoms with E-state index in [2.05, 4.69) is 20.8 Å². The van der Waals surface area contributed by atoms with Crippen LogP contribution in [0.4, 0.5) is 5.69 Å². The molecule has 8 nitrogen and oxygen atoms in total. The van der Waals surface area contributed by atoms with Gasteiger partial charge in [-0.1, -0.05) is 30.3 Å². The van der Waals surface area contributed by atoms with Crippen LogP contribution in [0.25, 0.3) is 23.2 Å². The Labute approximate surface area is 172 Å². The maximum absolute atomic E-state index is 13.2. The van der Waals surface area contributed by atoms with E-state index in [4.69, 9.17) is 9.15 Å². The van der Waals surface area contributed by atoms with Gasteiger partial charge in [-0.05, 0) is 53.7 Å². The molecule has 0 atom stereocenters. The summed E-state index contributed by atoms with van der Waals surface area (Å²) in [5.74, 6) is 1.28. The van der Waals surface area contributed by atoms with Crippen LogP contribution in [0.1, 0.15) is 12.7 Å². The number of hydrogen-bond acceptors (Lipinski definition) is 6. The summed E-state index contributed by atoms with van der Waals surface area (Å²) in [6, 6.07) is 20.0. The molecule has 0 bridgehead atoms. The standard InChI is InChI=1S/C22H19N5O3/c1-2-29-18-12-10-17(11-13-18)23-22(28)20(15-19-9-6-14-30-19)27-21(24-25-26-27)16-7-4-3-5-8-16/h3-15H,2H2,1H3,(H,23,28)/b20-15+. The molecule has 0 radical (unpaired) electrons. The summed E-state index contributed by atoms with van der Waals surface area (Å²) in [5, 5.41) is 14.8. The van der Waals surface area contributed by atoms with Gasteiger partial charge in [-0.25, -0.2) is 0 Å². The van der Waals surface area contributed by atoms with E-state index in [1.165, 1.54) is 10.9 Å². The van der Waals surface area contributed by atoms with Gasteiger partial charge in [-0.15, -0.1) is 5.10 Å². The van der Waals surface area contributed by atoms with Crippen molar-refractivity contribution in [2.45, 2.75) is 6.92 Å². The molecule has 2 aromatic heterocycles. The van der Waals surface area contributed by atoms with Gasteiger partial charge < -0.3 is 14.5 Å². The van der Waals surface area contributed by atoms with E-state index < -0.39 is 0 Å². The number of furan rings is 1. The Kier molecular flexibility index (Phi) is 5.66. The smallest absolute Gasteiger partial charge is 0.274 e. The molecule has 2 heterocycles. The Morgan fingerprint density at radius 2 is 1.90 bits per heavy atom. The molecule has 0 aliphatic carbocycles. The number of carbonyl (C=O) groups is 1. The van der Waals surface area contributed by atoms with Crippen LogP contribution in [0.2, 0.25) is 0 Å². The first-order valence-corrected chi connectivity index (χ1v) is 9.38. The lowest BCUT2D eigenvalue weighted by Gasteiger charge is -2.11. The number of amides is 1. The summed E-state index contributed by atoms with van der Waals surface area (Å²) in [7, 11) is 0. The lowest BCUT2D eigenvalue weighted by molar-refractivity contribution is -0.111. The molecule has 1 amide bonds. The zero-order valence-corrected chi connectivity index (χ0v) is 16.2. The first-order chi connectivity index (χ1) is 14.7. The monoisotopic (exact) mass is 401 g/mol. The van der Waals surface area contributed by atoms with Gasteiger partial charge in [0.25, 0.3) is 5.91 Å². The third-order valence-corrected chi connectivity index (χ3v) is 4.21. The molecule has 8 heteroatoms. The minimum atomic E-state index is -0.389. The summed E-state index contributed by atoms with van der Waals surface area (Å²) < 4.78 is 12.2. The topological polar surface area (TPSA) is 95.1 Å². The number of hydrogen-bond donors (Lipinski definition) is 1. The number of nitrogens with one attached hydrogen (secondary N) is 1. The van der Waals surface area contributed by atoms with E-state index in [1.807, 2.05) is 37.3 Å². The van der Waals surface area contributed by atoms with Crippen LogP contribution in [-0.2, 0) is 4.79 Å². The number of anilines is 1. The SMILES string of the molecule is CCOc1ccc(NC(=O)/C(=C\c2ccco2)n2nnnc2-c2ccccc2)cc1. The third-order valence-electron chi connectivity index (χ3n) is 4.21. The Hall–Kier alpha value is -4.20. The average molecular weight is 401 g/mol. The van der Waals surface area contributed by atoms with Crippen molar-refractivity contribution in [3.63, 3.8) is 0 Å². The van der Waals surface area contributed by atoms with Crippen LogP contribution in [0.15, 0.2) is 77.4 Å². The number of carbonyl (C=O) groups excluding carboxylic acids is 1. The number of benzene rings is 2. The highest BCUT2D eigenvalue weighted by Crippen LogP contribution is 2.22. The van der Waals surface area contributed by atoms with Crippen molar-refractivity contribution >= 4 is 23.4 Å². The highest BCUT2D eigenvalue weighted by molar-refractivity contribution is 6.24.